The zero-order valence-corrected chi connectivity index (χ0v) is 14.0. The Morgan fingerprint density at radius 3 is 2.71 bits per heavy atom. The van der Waals surface area contributed by atoms with Crippen LogP contribution in [0.5, 0.6) is 0 Å². The third-order valence-electron chi connectivity index (χ3n) is 4.20. The monoisotopic (exact) mass is 310 g/mol. The van der Waals surface area contributed by atoms with E-state index in [1.807, 2.05) is 7.05 Å². The molecule has 1 aromatic carbocycles. The number of fused-ring (bicyclic) bond motifs is 1. The highest BCUT2D eigenvalue weighted by atomic mass is 32.2. The Labute approximate surface area is 128 Å². The molecule has 5 heteroatoms. The van der Waals surface area contributed by atoms with Gasteiger partial charge in [-0.05, 0) is 37.6 Å². The molecule has 0 aromatic heterocycles. The van der Waals surface area contributed by atoms with Crippen LogP contribution in [0.2, 0.25) is 0 Å². The molecule has 2 rings (SSSR count). The van der Waals surface area contributed by atoms with Crippen molar-refractivity contribution in [1.29, 1.82) is 0 Å². The SMILES string of the molecule is CCCNC1c2ccccc2CC1N(C)CCS(C)(=O)=O. The van der Waals surface area contributed by atoms with E-state index in [2.05, 4.69) is 41.4 Å². The van der Waals surface area contributed by atoms with Gasteiger partial charge in [0.05, 0.1) is 5.75 Å². The molecular formula is C16H26N2O2S. The molecule has 0 saturated carbocycles. The molecule has 1 aliphatic rings. The average molecular weight is 310 g/mol. The van der Waals surface area contributed by atoms with Crippen LogP contribution in [-0.4, -0.2) is 51.5 Å². The first-order valence-corrected chi connectivity index (χ1v) is 9.67. The maximum atomic E-state index is 11.4. The normalized spacial score (nSPS) is 21.7. The molecule has 21 heavy (non-hydrogen) atoms. The molecule has 2 atom stereocenters. The molecule has 1 N–H and O–H groups in total. The summed E-state index contributed by atoms with van der Waals surface area (Å²) >= 11 is 0. The number of sulfone groups is 1. The van der Waals surface area contributed by atoms with E-state index >= 15 is 0 Å². The fourth-order valence-corrected chi connectivity index (χ4v) is 3.63. The van der Waals surface area contributed by atoms with Crippen molar-refractivity contribution in [3.8, 4) is 0 Å². The van der Waals surface area contributed by atoms with Gasteiger partial charge in [-0.2, -0.15) is 0 Å². The van der Waals surface area contributed by atoms with Gasteiger partial charge in [-0.1, -0.05) is 31.2 Å². The van der Waals surface area contributed by atoms with Crippen LogP contribution in [0.3, 0.4) is 0 Å². The van der Waals surface area contributed by atoms with Crippen LogP contribution in [0.4, 0.5) is 0 Å². The second-order valence-corrected chi connectivity index (χ2v) is 8.27. The molecule has 1 aliphatic carbocycles. The number of nitrogens with zero attached hydrogens (tertiary/aromatic N) is 1. The maximum Gasteiger partial charge on any atom is 0.148 e. The summed E-state index contributed by atoms with van der Waals surface area (Å²) in [5.41, 5.74) is 2.74. The van der Waals surface area contributed by atoms with Crippen molar-refractivity contribution in [2.75, 3.05) is 32.1 Å². The predicted molar refractivity (Wildman–Crippen MR) is 87.3 cm³/mol. The minimum absolute atomic E-state index is 0.219. The largest absolute Gasteiger partial charge is 0.309 e. The summed E-state index contributed by atoms with van der Waals surface area (Å²) in [6.45, 7) is 3.73. The Morgan fingerprint density at radius 2 is 2.05 bits per heavy atom. The van der Waals surface area contributed by atoms with Crippen molar-refractivity contribution in [3.05, 3.63) is 35.4 Å². The predicted octanol–water partition coefficient (Wildman–Crippen LogP) is 1.63. The topological polar surface area (TPSA) is 49.4 Å². The van der Waals surface area contributed by atoms with Gasteiger partial charge in [0, 0.05) is 24.9 Å². The zero-order valence-electron chi connectivity index (χ0n) is 13.2. The van der Waals surface area contributed by atoms with Crippen LogP contribution in [0.15, 0.2) is 24.3 Å². The molecule has 0 aliphatic heterocycles. The van der Waals surface area contributed by atoms with Gasteiger partial charge in [-0.3, -0.25) is 0 Å². The minimum atomic E-state index is -2.91. The molecule has 0 saturated heterocycles. The first-order chi connectivity index (χ1) is 9.92. The Bertz CT molecular complexity index is 571. The molecule has 1 aromatic rings. The fraction of sp³-hybridized carbons (Fsp3) is 0.625. The molecule has 0 radical (unpaired) electrons. The first kappa shape index (κ1) is 16.5. The van der Waals surface area contributed by atoms with E-state index in [0.29, 0.717) is 18.6 Å². The third-order valence-corrected chi connectivity index (χ3v) is 5.12. The Kier molecular flexibility index (Phi) is 5.41. The Hall–Kier alpha value is -0.910. The number of likely N-dealkylation sites (N-methyl/N-ethyl adjacent to an activating group) is 1. The second-order valence-electron chi connectivity index (χ2n) is 6.01. The molecular weight excluding hydrogens is 284 g/mol. The summed E-state index contributed by atoms with van der Waals surface area (Å²) in [4.78, 5) is 2.19. The van der Waals surface area contributed by atoms with E-state index < -0.39 is 9.84 Å². The van der Waals surface area contributed by atoms with Crippen molar-refractivity contribution in [2.45, 2.75) is 31.8 Å². The fourth-order valence-electron chi connectivity index (χ4n) is 3.01. The van der Waals surface area contributed by atoms with Crippen molar-refractivity contribution < 1.29 is 8.42 Å². The van der Waals surface area contributed by atoms with E-state index in [-0.39, 0.29) is 5.75 Å². The summed E-state index contributed by atoms with van der Waals surface area (Å²) in [6, 6.07) is 9.15. The highest BCUT2D eigenvalue weighted by Crippen LogP contribution is 2.33. The van der Waals surface area contributed by atoms with E-state index in [4.69, 9.17) is 0 Å². The quantitative estimate of drug-likeness (QED) is 0.831. The maximum absolute atomic E-state index is 11.4. The van der Waals surface area contributed by atoms with Crippen LogP contribution in [0.25, 0.3) is 0 Å². The standard InChI is InChI=1S/C16H26N2O2S/c1-4-9-17-16-14-8-6-5-7-13(14)12-15(16)18(2)10-11-21(3,19)20/h5-8,15-17H,4,9-12H2,1-3H3. The van der Waals surface area contributed by atoms with E-state index in [9.17, 15) is 8.42 Å². The van der Waals surface area contributed by atoms with Crippen LogP contribution in [0, 0.1) is 0 Å². The van der Waals surface area contributed by atoms with Gasteiger partial charge < -0.3 is 10.2 Å². The lowest BCUT2D eigenvalue weighted by molar-refractivity contribution is 0.214. The van der Waals surface area contributed by atoms with Crippen molar-refractivity contribution in [3.63, 3.8) is 0 Å². The summed E-state index contributed by atoms with van der Waals surface area (Å²) in [6.07, 6.45) is 3.38. The average Bonchev–Trinajstić information content (AvgIpc) is 2.80. The summed E-state index contributed by atoms with van der Waals surface area (Å²) in [5.74, 6) is 0.219. The highest BCUT2D eigenvalue weighted by molar-refractivity contribution is 7.90. The van der Waals surface area contributed by atoms with Gasteiger partial charge in [0.25, 0.3) is 0 Å². The third kappa shape index (κ3) is 4.28. The lowest BCUT2D eigenvalue weighted by Gasteiger charge is -2.30. The zero-order chi connectivity index (χ0) is 15.5. The molecule has 118 valence electrons. The van der Waals surface area contributed by atoms with Gasteiger partial charge in [-0.25, -0.2) is 8.42 Å². The smallest absolute Gasteiger partial charge is 0.148 e. The van der Waals surface area contributed by atoms with Gasteiger partial charge >= 0.3 is 0 Å². The lowest BCUT2D eigenvalue weighted by atomic mass is 10.1. The highest BCUT2D eigenvalue weighted by Gasteiger charge is 2.34. The molecule has 2 unspecified atom stereocenters. The van der Waals surface area contributed by atoms with Crippen LogP contribution < -0.4 is 5.32 Å². The van der Waals surface area contributed by atoms with E-state index in [1.165, 1.54) is 17.4 Å². The number of rotatable bonds is 7. The van der Waals surface area contributed by atoms with Crippen LogP contribution >= 0.6 is 0 Å². The van der Waals surface area contributed by atoms with Crippen molar-refractivity contribution in [2.24, 2.45) is 0 Å². The molecule has 0 amide bonds. The summed E-state index contributed by atoms with van der Waals surface area (Å²) < 4.78 is 22.8. The van der Waals surface area contributed by atoms with E-state index in [0.717, 1.165) is 19.4 Å². The first-order valence-electron chi connectivity index (χ1n) is 7.61. The van der Waals surface area contributed by atoms with Crippen LogP contribution in [0.1, 0.15) is 30.5 Å². The summed E-state index contributed by atoms with van der Waals surface area (Å²) in [7, 11) is -0.883. The molecule has 4 nitrogen and oxygen atoms in total. The number of hydrogen-bond acceptors (Lipinski definition) is 4. The van der Waals surface area contributed by atoms with E-state index in [1.54, 1.807) is 0 Å². The number of nitrogens with one attached hydrogen (secondary N) is 1. The Balaban J connectivity index is 2.11. The van der Waals surface area contributed by atoms with Gasteiger partial charge in [0.15, 0.2) is 0 Å². The number of benzene rings is 1. The number of hydrogen-bond donors (Lipinski definition) is 1. The van der Waals surface area contributed by atoms with Gasteiger partial charge in [0.2, 0.25) is 0 Å². The lowest BCUT2D eigenvalue weighted by Crippen LogP contribution is -2.42. The summed E-state index contributed by atoms with van der Waals surface area (Å²) in [5, 5.41) is 3.62. The molecule has 0 heterocycles. The molecule has 0 fully saturated rings. The second kappa shape index (κ2) is 6.90. The van der Waals surface area contributed by atoms with Crippen LogP contribution in [-0.2, 0) is 16.3 Å². The van der Waals surface area contributed by atoms with Gasteiger partial charge in [-0.15, -0.1) is 0 Å². The molecule has 0 spiro atoms. The Morgan fingerprint density at radius 1 is 1.33 bits per heavy atom. The van der Waals surface area contributed by atoms with Crippen molar-refractivity contribution in [1.82, 2.24) is 10.2 Å². The van der Waals surface area contributed by atoms with Crippen molar-refractivity contribution >= 4 is 9.84 Å². The van der Waals surface area contributed by atoms with Gasteiger partial charge in [0.1, 0.15) is 9.84 Å². The molecule has 0 bridgehead atoms. The minimum Gasteiger partial charge on any atom is -0.309 e.